The molecule has 2 atom stereocenters. The summed E-state index contributed by atoms with van der Waals surface area (Å²) in [5.41, 5.74) is 9.12. The van der Waals surface area contributed by atoms with E-state index in [1.54, 1.807) is 0 Å². The number of hydrogen-bond acceptors (Lipinski definition) is 1. The molecule has 7 aromatic carbocycles. The van der Waals surface area contributed by atoms with Crippen LogP contribution in [0.1, 0.15) is 63.0 Å². The number of benzene rings is 7. The zero-order valence-electron chi connectivity index (χ0n) is 28.5. The van der Waals surface area contributed by atoms with Gasteiger partial charge in [0.1, 0.15) is 0 Å². The number of fused-ring (bicyclic) bond motifs is 6. The van der Waals surface area contributed by atoms with E-state index in [1.165, 1.54) is 71.5 Å². The van der Waals surface area contributed by atoms with Gasteiger partial charge in [0.2, 0.25) is 0 Å². The van der Waals surface area contributed by atoms with Crippen LogP contribution in [0.2, 0.25) is 0 Å². The average molecular weight is 624 g/mol. The van der Waals surface area contributed by atoms with Crippen molar-refractivity contribution in [2.45, 2.75) is 51.9 Å². The van der Waals surface area contributed by atoms with Crippen molar-refractivity contribution in [3.05, 3.63) is 169 Å². The Bertz CT molecular complexity index is 2160. The van der Waals surface area contributed by atoms with Gasteiger partial charge < -0.3 is 4.90 Å². The maximum atomic E-state index is 4.46. The summed E-state index contributed by atoms with van der Waals surface area (Å²) in [5, 5.41) is 7.86. The van der Waals surface area contributed by atoms with Crippen LogP contribution in [0.3, 0.4) is 0 Å². The van der Waals surface area contributed by atoms with Gasteiger partial charge in [-0.3, -0.25) is 0 Å². The van der Waals surface area contributed by atoms with Crippen LogP contribution >= 0.6 is 0 Å². The molecule has 0 heterocycles. The SMILES string of the molecule is C=C(CC)C(CCC(C)c1ccccc1N(CC)c1ccc(-c2ccc3c4ccccc4c4ccccc4c3c2)cc1)c1ccccc1. The Hall–Kier alpha value is -5.14. The fraction of sp³-hybridized carbons (Fsp3) is 0.191. The first kappa shape index (κ1) is 31.5. The van der Waals surface area contributed by atoms with Gasteiger partial charge in [-0.1, -0.05) is 147 Å². The molecule has 0 saturated heterocycles. The molecule has 0 aliphatic rings. The predicted octanol–water partition coefficient (Wildman–Crippen LogP) is 13.6. The Morgan fingerprint density at radius 2 is 1.10 bits per heavy atom. The van der Waals surface area contributed by atoms with Crippen LogP contribution in [0.25, 0.3) is 43.4 Å². The van der Waals surface area contributed by atoms with Gasteiger partial charge in [-0.25, -0.2) is 0 Å². The third kappa shape index (κ3) is 6.02. The zero-order chi connectivity index (χ0) is 33.0. The predicted molar refractivity (Wildman–Crippen MR) is 210 cm³/mol. The summed E-state index contributed by atoms with van der Waals surface area (Å²) in [4.78, 5) is 2.47. The molecule has 238 valence electrons. The van der Waals surface area contributed by atoms with Gasteiger partial charge in [-0.2, -0.15) is 0 Å². The van der Waals surface area contributed by atoms with E-state index in [0.717, 1.165) is 25.8 Å². The Labute approximate surface area is 286 Å². The van der Waals surface area contributed by atoms with Gasteiger partial charge in [0.15, 0.2) is 0 Å². The molecule has 2 unspecified atom stereocenters. The van der Waals surface area contributed by atoms with Crippen molar-refractivity contribution in [1.29, 1.82) is 0 Å². The highest BCUT2D eigenvalue weighted by Gasteiger charge is 2.20. The van der Waals surface area contributed by atoms with E-state index in [4.69, 9.17) is 0 Å². The van der Waals surface area contributed by atoms with Crippen LogP contribution in [0.4, 0.5) is 11.4 Å². The maximum Gasteiger partial charge on any atom is 0.0445 e. The molecule has 48 heavy (non-hydrogen) atoms. The molecule has 0 saturated carbocycles. The topological polar surface area (TPSA) is 3.24 Å². The van der Waals surface area contributed by atoms with Crippen molar-refractivity contribution in [3.8, 4) is 11.1 Å². The lowest BCUT2D eigenvalue weighted by Gasteiger charge is -2.29. The summed E-state index contributed by atoms with van der Waals surface area (Å²) in [7, 11) is 0. The van der Waals surface area contributed by atoms with Crippen molar-refractivity contribution in [1.82, 2.24) is 0 Å². The van der Waals surface area contributed by atoms with Crippen LogP contribution in [0, 0.1) is 0 Å². The fourth-order valence-corrected chi connectivity index (χ4v) is 7.67. The van der Waals surface area contributed by atoms with Gasteiger partial charge in [0.25, 0.3) is 0 Å². The molecule has 0 amide bonds. The second-order valence-electron chi connectivity index (χ2n) is 13.2. The van der Waals surface area contributed by atoms with E-state index in [9.17, 15) is 0 Å². The molecule has 0 aliphatic heterocycles. The minimum atomic E-state index is 0.396. The average Bonchev–Trinajstić information content (AvgIpc) is 3.16. The van der Waals surface area contributed by atoms with Crippen molar-refractivity contribution < 1.29 is 0 Å². The summed E-state index contributed by atoms with van der Waals surface area (Å²) in [6, 6.07) is 53.6. The summed E-state index contributed by atoms with van der Waals surface area (Å²) < 4.78 is 0. The highest BCUT2D eigenvalue weighted by Crippen LogP contribution is 2.40. The maximum absolute atomic E-state index is 4.46. The van der Waals surface area contributed by atoms with Crippen LogP contribution in [0.15, 0.2) is 158 Å². The van der Waals surface area contributed by atoms with E-state index in [2.05, 4.69) is 178 Å². The summed E-state index contributed by atoms with van der Waals surface area (Å²) in [5.74, 6) is 0.821. The second kappa shape index (κ2) is 13.9. The van der Waals surface area contributed by atoms with E-state index < -0.39 is 0 Å². The lowest BCUT2D eigenvalue weighted by Crippen LogP contribution is -2.18. The Balaban J connectivity index is 1.17. The monoisotopic (exact) mass is 623 g/mol. The van der Waals surface area contributed by atoms with Gasteiger partial charge in [0, 0.05) is 23.8 Å². The Morgan fingerprint density at radius 3 is 1.73 bits per heavy atom. The van der Waals surface area contributed by atoms with Gasteiger partial charge in [0.05, 0.1) is 0 Å². The zero-order valence-corrected chi connectivity index (χ0v) is 28.5. The molecular weight excluding hydrogens is 579 g/mol. The lowest BCUT2D eigenvalue weighted by atomic mass is 9.83. The van der Waals surface area contributed by atoms with Crippen LogP contribution in [0.5, 0.6) is 0 Å². The molecular formula is C47H45N. The minimum Gasteiger partial charge on any atom is -0.342 e. The van der Waals surface area contributed by atoms with Gasteiger partial charge >= 0.3 is 0 Å². The smallest absolute Gasteiger partial charge is 0.0445 e. The van der Waals surface area contributed by atoms with Crippen LogP contribution < -0.4 is 4.90 Å². The molecule has 0 aromatic heterocycles. The molecule has 7 rings (SSSR count). The first-order chi connectivity index (χ1) is 23.6. The normalized spacial score (nSPS) is 12.7. The van der Waals surface area contributed by atoms with Crippen molar-refractivity contribution in [2.24, 2.45) is 0 Å². The van der Waals surface area contributed by atoms with Crippen LogP contribution in [-0.4, -0.2) is 6.54 Å². The molecule has 0 N–H and O–H groups in total. The number of anilines is 2. The first-order valence-electron chi connectivity index (χ1n) is 17.6. The lowest BCUT2D eigenvalue weighted by molar-refractivity contribution is 0.579. The molecule has 1 heteroatoms. The number of rotatable bonds is 11. The van der Waals surface area contributed by atoms with Gasteiger partial charge in [-0.05, 0) is 111 Å². The fourth-order valence-electron chi connectivity index (χ4n) is 7.67. The molecule has 1 nitrogen and oxygen atoms in total. The van der Waals surface area contributed by atoms with Crippen LogP contribution in [-0.2, 0) is 0 Å². The largest absolute Gasteiger partial charge is 0.342 e. The van der Waals surface area contributed by atoms with Crippen molar-refractivity contribution >= 4 is 43.7 Å². The summed E-state index contributed by atoms with van der Waals surface area (Å²) >= 11 is 0. The standard InChI is InChI=1S/C47H45N/c1-5-33(3)39(36-16-8-7-9-17-36)30-24-34(4)40-18-14-15-23-47(40)48(6-2)38-28-25-35(26-29-38)37-27-31-45-43-21-11-10-19-41(43)42-20-12-13-22-44(42)46(45)32-37/h7-23,25-29,31-32,34,39H,3,5-6,24,30H2,1-2,4H3. The minimum absolute atomic E-state index is 0.396. The number of para-hydroxylation sites is 1. The van der Waals surface area contributed by atoms with E-state index in [-0.39, 0.29) is 0 Å². The third-order valence-corrected chi connectivity index (χ3v) is 10.4. The quantitative estimate of drug-likeness (QED) is 0.102. The third-order valence-electron chi connectivity index (χ3n) is 10.4. The number of nitrogens with zero attached hydrogens (tertiary/aromatic N) is 1. The summed E-state index contributed by atoms with van der Waals surface area (Å²) in [6.07, 6.45) is 3.22. The van der Waals surface area contributed by atoms with E-state index in [0.29, 0.717) is 11.8 Å². The molecule has 0 fully saturated rings. The highest BCUT2D eigenvalue weighted by molar-refractivity contribution is 6.25. The second-order valence-corrected chi connectivity index (χ2v) is 13.2. The van der Waals surface area contributed by atoms with Gasteiger partial charge in [-0.15, -0.1) is 0 Å². The van der Waals surface area contributed by atoms with E-state index >= 15 is 0 Å². The molecule has 0 bridgehead atoms. The molecule has 7 aromatic rings. The number of hydrogen-bond donors (Lipinski definition) is 0. The van der Waals surface area contributed by atoms with Crippen molar-refractivity contribution in [2.75, 3.05) is 11.4 Å². The Morgan fingerprint density at radius 1 is 0.562 bits per heavy atom. The highest BCUT2D eigenvalue weighted by atomic mass is 15.1. The Kier molecular flexibility index (Phi) is 9.12. The van der Waals surface area contributed by atoms with E-state index in [1.807, 2.05) is 0 Å². The summed E-state index contributed by atoms with van der Waals surface area (Å²) in [6.45, 7) is 12.2. The molecule has 0 aliphatic carbocycles. The molecule has 0 radical (unpaired) electrons. The first-order valence-corrected chi connectivity index (χ1v) is 17.6. The van der Waals surface area contributed by atoms with Crippen molar-refractivity contribution in [3.63, 3.8) is 0 Å². The number of allylic oxidation sites excluding steroid dienone is 1. The molecule has 0 spiro atoms.